The lowest BCUT2D eigenvalue weighted by Gasteiger charge is -2.11. The zero-order valence-electron chi connectivity index (χ0n) is 6.94. The van der Waals surface area contributed by atoms with Crippen LogP contribution in [0.4, 0.5) is 5.82 Å². The minimum atomic E-state index is 0.747. The van der Waals surface area contributed by atoms with Gasteiger partial charge in [0.1, 0.15) is 17.7 Å². The molecule has 2 aromatic heterocycles. The molecule has 2 aromatic rings. The van der Waals surface area contributed by atoms with Crippen LogP contribution in [0.1, 0.15) is 0 Å². The Hall–Kier alpha value is -1.22. The number of nitrogens with zero attached hydrogens (tertiary/aromatic N) is 4. The standard InChI is InChI=1S/C5H9N5Si2/c11-10(12)5-3-4(7-1-6-3)8-2-9-5/h1-2H,11-12H3,(H,6,7,8,9). The van der Waals surface area contributed by atoms with Crippen LogP contribution in [-0.2, 0) is 0 Å². The van der Waals surface area contributed by atoms with Crippen molar-refractivity contribution in [2.75, 3.05) is 4.23 Å². The van der Waals surface area contributed by atoms with Crippen LogP contribution in [0.2, 0.25) is 0 Å². The number of nitrogens with one attached hydrogen (secondary N) is 1. The average molecular weight is 195 g/mol. The Morgan fingerprint density at radius 1 is 1.25 bits per heavy atom. The van der Waals surface area contributed by atoms with Crippen LogP contribution < -0.4 is 4.23 Å². The summed E-state index contributed by atoms with van der Waals surface area (Å²) in [6.45, 7) is 0. The van der Waals surface area contributed by atoms with E-state index in [4.69, 9.17) is 0 Å². The second-order valence-corrected chi connectivity index (χ2v) is 7.16. The molecule has 1 N–H and O–H groups in total. The molecule has 0 unspecified atom stereocenters. The molecule has 0 aliphatic heterocycles. The van der Waals surface area contributed by atoms with Crippen LogP contribution >= 0.6 is 0 Å². The molecule has 2 rings (SSSR count). The molecule has 62 valence electrons. The van der Waals surface area contributed by atoms with Gasteiger partial charge in [-0.25, -0.2) is 15.0 Å². The molecule has 2 heterocycles. The van der Waals surface area contributed by atoms with Crippen molar-refractivity contribution >= 4 is 37.8 Å². The van der Waals surface area contributed by atoms with Crippen molar-refractivity contribution in [3.05, 3.63) is 12.7 Å². The number of aromatic nitrogens is 4. The molecule has 0 saturated heterocycles. The molecule has 0 saturated carbocycles. The number of H-pyrrole nitrogens is 1. The van der Waals surface area contributed by atoms with Gasteiger partial charge in [-0.2, -0.15) is 0 Å². The molecule has 0 aliphatic rings. The number of hydrogen-bond acceptors (Lipinski definition) is 4. The largest absolute Gasteiger partial charge is 0.423 e. The highest BCUT2D eigenvalue weighted by atomic mass is 28.2. The van der Waals surface area contributed by atoms with Crippen LogP contribution in [0.15, 0.2) is 12.7 Å². The zero-order chi connectivity index (χ0) is 8.55. The first-order chi connectivity index (χ1) is 5.79. The quantitative estimate of drug-likeness (QED) is 0.521. The maximum atomic E-state index is 4.19. The molecular weight excluding hydrogens is 186 g/mol. The monoisotopic (exact) mass is 195 g/mol. The molecule has 0 aliphatic carbocycles. The van der Waals surface area contributed by atoms with Crippen LogP contribution in [0.5, 0.6) is 0 Å². The number of hydrogen-bond donors (Lipinski definition) is 1. The lowest BCUT2D eigenvalue weighted by atomic mass is 10.5. The van der Waals surface area contributed by atoms with Gasteiger partial charge in [0.2, 0.25) is 0 Å². The topological polar surface area (TPSA) is 57.7 Å². The first kappa shape index (κ1) is 7.43. The number of aromatic amines is 1. The lowest BCUT2D eigenvalue weighted by Crippen LogP contribution is -2.15. The Balaban J connectivity index is 2.73. The summed E-state index contributed by atoms with van der Waals surface area (Å²) in [5, 5.41) is 0. The molecule has 0 bridgehead atoms. The van der Waals surface area contributed by atoms with E-state index in [9.17, 15) is 0 Å². The molecule has 0 radical (unpaired) electrons. The lowest BCUT2D eigenvalue weighted by molar-refractivity contribution is 1.19. The summed E-state index contributed by atoms with van der Waals surface area (Å²) < 4.78 is 2.20. The number of rotatable bonds is 1. The van der Waals surface area contributed by atoms with Crippen molar-refractivity contribution in [3.63, 3.8) is 0 Å². The fourth-order valence-electron chi connectivity index (χ4n) is 1.09. The third kappa shape index (κ3) is 1.03. The predicted octanol–water partition coefficient (Wildman–Crippen LogP) is -2.28. The maximum absolute atomic E-state index is 4.19. The molecule has 0 atom stereocenters. The smallest absolute Gasteiger partial charge is 0.182 e. The van der Waals surface area contributed by atoms with Gasteiger partial charge in [-0.15, -0.1) is 0 Å². The van der Waals surface area contributed by atoms with E-state index < -0.39 is 0 Å². The van der Waals surface area contributed by atoms with E-state index in [1.807, 2.05) is 0 Å². The summed E-state index contributed by atoms with van der Waals surface area (Å²) in [6.07, 6.45) is 3.21. The van der Waals surface area contributed by atoms with Crippen molar-refractivity contribution in [1.29, 1.82) is 0 Å². The van der Waals surface area contributed by atoms with Crippen molar-refractivity contribution in [2.24, 2.45) is 0 Å². The molecular formula is C5H9N5Si2. The normalized spacial score (nSPS) is 11.0. The van der Waals surface area contributed by atoms with Crippen LogP contribution in [-0.4, -0.2) is 40.7 Å². The van der Waals surface area contributed by atoms with Gasteiger partial charge in [-0.3, -0.25) is 0 Å². The molecule has 0 fully saturated rings. The third-order valence-electron chi connectivity index (χ3n) is 1.63. The van der Waals surface area contributed by atoms with E-state index in [1.165, 1.54) is 0 Å². The number of imidazole rings is 1. The van der Waals surface area contributed by atoms with E-state index in [0.717, 1.165) is 37.8 Å². The van der Waals surface area contributed by atoms with E-state index in [-0.39, 0.29) is 0 Å². The van der Waals surface area contributed by atoms with Gasteiger partial charge in [0.05, 0.1) is 27.1 Å². The summed E-state index contributed by atoms with van der Waals surface area (Å²) in [5.41, 5.74) is 1.69. The summed E-state index contributed by atoms with van der Waals surface area (Å²) in [6, 6.07) is 0. The average Bonchev–Trinajstić information content (AvgIpc) is 2.49. The van der Waals surface area contributed by atoms with Crippen LogP contribution in [0.25, 0.3) is 11.2 Å². The Bertz CT molecular complexity index is 397. The summed E-state index contributed by atoms with van der Waals surface area (Å²) in [7, 11) is 1.99. The second kappa shape index (κ2) is 2.68. The molecule has 7 heteroatoms. The van der Waals surface area contributed by atoms with Crippen molar-refractivity contribution in [2.45, 2.75) is 0 Å². The first-order valence-electron chi connectivity index (χ1n) is 3.60. The zero-order valence-corrected chi connectivity index (χ0v) is 10.9. The van der Waals surface area contributed by atoms with Gasteiger partial charge < -0.3 is 9.22 Å². The SMILES string of the molecule is [SiH3]N([SiH3])c1ncnc2nc[nH]c12. The predicted molar refractivity (Wildman–Crippen MR) is 54.0 cm³/mol. The second-order valence-electron chi connectivity index (χ2n) is 2.69. The van der Waals surface area contributed by atoms with E-state index >= 15 is 0 Å². The Kier molecular flexibility index (Phi) is 1.66. The van der Waals surface area contributed by atoms with Gasteiger partial charge in [0, 0.05) is 0 Å². The maximum Gasteiger partial charge on any atom is 0.182 e. The number of fused-ring (bicyclic) bond motifs is 1. The highest BCUT2D eigenvalue weighted by molar-refractivity contribution is 6.42. The summed E-state index contributed by atoms with van der Waals surface area (Å²) in [4.78, 5) is 15.3. The van der Waals surface area contributed by atoms with Crippen LogP contribution in [0.3, 0.4) is 0 Å². The van der Waals surface area contributed by atoms with Gasteiger partial charge in [0.15, 0.2) is 5.65 Å². The Labute approximate surface area is 75.2 Å². The molecule has 0 amide bonds. The Morgan fingerprint density at radius 3 is 2.83 bits per heavy atom. The summed E-state index contributed by atoms with van der Waals surface area (Å²) >= 11 is 0. The Morgan fingerprint density at radius 2 is 2.08 bits per heavy atom. The van der Waals surface area contributed by atoms with Gasteiger partial charge in [-0.05, 0) is 0 Å². The van der Waals surface area contributed by atoms with Crippen LogP contribution in [0, 0.1) is 0 Å². The van der Waals surface area contributed by atoms with E-state index in [1.54, 1.807) is 12.7 Å². The minimum absolute atomic E-state index is 0.747. The van der Waals surface area contributed by atoms with E-state index in [2.05, 4.69) is 24.2 Å². The number of anilines is 1. The van der Waals surface area contributed by atoms with Crippen molar-refractivity contribution < 1.29 is 0 Å². The van der Waals surface area contributed by atoms with Gasteiger partial charge in [-0.1, -0.05) is 0 Å². The van der Waals surface area contributed by atoms with Gasteiger partial charge >= 0.3 is 0 Å². The molecule has 0 spiro atoms. The third-order valence-corrected chi connectivity index (χ3v) is 2.47. The minimum Gasteiger partial charge on any atom is -0.423 e. The molecule has 12 heavy (non-hydrogen) atoms. The first-order valence-corrected chi connectivity index (χ1v) is 5.39. The van der Waals surface area contributed by atoms with Crippen molar-refractivity contribution in [1.82, 2.24) is 19.9 Å². The highest BCUT2D eigenvalue weighted by Crippen LogP contribution is 2.15. The highest BCUT2D eigenvalue weighted by Gasteiger charge is 2.05. The van der Waals surface area contributed by atoms with Crippen molar-refractivity contribution in [3.8, 4) is 0 Å². The molecule has 0 aromatic carbocycles. The molecule has 5 nitrogen and oxygen atoms in total. The fraction of sp³-hybridized carbons (Fsp3) is 0. The fourth-order valence-corrected chi connectivity index (χ4v) is 1.77. The van der Waals surface area contributed by atoms with E-state index in [0.29, 0.717) is 0 Å². The van der Waals surface area contributed by atoms with Gasteiger partial charge in [0.25, 0.3) is 0 Å². The summed E-state index contributed by atoms with van der Waals surface area (Å²) in [5.74, 6) is 0.982.